The first-order valence-electron chi connectivity index (χ1n) is 5.82. The topological polar surface area (TPSA) is 26.3 Å². The van der Waals surface area contributed by atoms with Crippen molar-refractivity contribution in [2.45, 2.75) is 52.1 Å². The van der Waals surface area contributed by atoms with Gasteiger partial charge in [-0.3, -0.25) is 0 Å². The van der Waals surface area contributed by atoms with Crippen LogP contribution >= 0.6 is 0 Å². The van der Waals surface area contributed by atoms with Crippen LogP contribution in [0.15, 0.2) is 12.2 Å². The zero-order valence-electron chi connectivity index (χ0n) is 10.4. The average molecular weight is 220 g/mol. The van der Waals surface area contributed by atoms with Crippen LogP contribution in [0.4, 0.5) is 0 Å². The van der Waals surface area contributed by atoms with Crippen molar-refractivity contribution in [3.63, 3.8) is 0 Å². The maximum atomic E-state index is 11.4. The van der Waals surface area contributed by atoms with Gasteiger partial charge in [-0.2, -0.15) is 0 Å². The fourth-order valence-electron chi connectivity index (χ4n) is 1.69. The maximum Gasteiger partial charge on any atom is 0.334 e. The van der Waals surface area contributed by atoms with Crippen LogP contribution in [0, 0.1) is 17.8 Å². The van der Waals surface area contributed by atoms with E-state index in [1.54, 1.807) is 6.92 Å². The molecule has 0 spiro atoms. The van der Waals surface area contributed by atoms with Gasteiger partial charge < -0.3 is 4.74 Å². The molecular formula is C14H20O2. The van der Waals surface area contributed by atoms with Gasteiger partial charge in [0.25, 0.3) is 0 Å². The summed E-state index contributed by atoms with van der Waals surface area (Å²) in [5.74, 6) is 6.38. The van der Waals surface area contributed by atoms with E-state index in [0.29, 0.717) is 11.5 Å². The third-order valence-corrected chi connectivity index (χ3v) is 2.63. The van der Waals surface area contributed by atoms with Crippen LogP contribution in [-0.2, 0) is 9.53 Å². The number of hydrogen-bond acceptors (Lipinski definition) is 2. The quantitative estimate of drug-likeness (QED) is 0.406. The molecule has 0 atom stereocenters. The predicted octanol–water partition coefficient (Wildman–Crippen LogP) is 3.08. The van der Waals surface area contributed by atoms with Crippen LogP contribution in [0.1, 0.15) is 46.5 Å². The van der Waals surface area contributed by atoms with Crippen LogP contribution in [-0.4, -0.2) is 11.6 Å². The Bertz CT molecular complexity index is 335. The molecule has 1 rings (SSSR count). The molecule has 0 radical (unpaired) electrons. The Morgan fingerprint density at radius 2 is 1.94 bits per heavy atom. The fourth-order valence-corrected chi connectivity index (χ4v) is 1.69. The third kappa shape index (κ3) is 4.10. The molecule has 0 aromatic carbocycles. The summed E-state index contributed by atoms with van der Waals surface area (Å²) in [5, 5.41) is 0. The molecule has 0 amide bonds. The van der Waals surface area contributed by atoms with E-state index >= 15 is 0 Å². The van der Waals surface area contributed by atoms with Crippen LogP contribution in [0.2, 0.25) is 0 Å². The van der Waals surface area contributed by atoms with Crippen molar-refractivity contribution in [2.24, 2.45) is 5.92 Å². The molecule has 0 aliphatic heterocycles. The summed E-state index contributed by atoms with van der Waals surface area (Å²) in [7, 11) is 0. The molecule has 1 aliphatic carbocycles. The van der Waals surface area contributed by atoms with Gasteiger partial charge in [0.2, 0.25) is 0 Å². The van der Waals surface area contributed by atoms with E-state index in [-0.39, 0.29) is 5.97 Å². The van der Waals surface area contributed by atoms with Gasteiger partial charge in [0, 0.05) is 11.5 Å². The standard InChI is InChI=1S/C14H20O2/c1-11(2)13(15)16-14(3,4)10-9-12-7-5-6-8-12/h12H,1,5-8H2,2-4H3. The molecule has 0 aromatic rings. The SMILES string of the molecule is C=C(C)C(=O)OC(C)(C)C#CC1CCCC1. The molecule has 0 N–H and O–H groups in total. The highest BCUT2D eigenvalue weighted by molar-refractivity contribution is 5.87. The van der Waals surface area contributed by atoms with E-state index in [1.165, 1.54) is 25.7 Å². The number of hydrogen-bond donors (Lipinski definition) is 0. The van der Waals surface area contributed by atoms with E-state index in [1.807, 2.05) is 13.8 Å². The van der Waals surface area contributed by atoms with Gasteiger partial charge in [0.15, 0.2) is 5.60 Å². The van der Waals surface area contributed by atoms with Crippen molar-refractivity contribution in [1.29, 1.82) is 0 Å². The van der Waals surface area contributed by atoms with Crippen molar-refractivity contribution < 1.29 is 9.53 Å². The molecule has 1 aliphatic rings. The maximum absolute atomic E-state index is 11.4. The van der Waals surface area contributed by atoms with Crippen LogP contribution < -0.4 is 0 Å². The molecule has 0 bridgehead atoms. The molecule has 16 heavy (non-hydrogen) atoms. The van der Waals surface area contributed by atoms with Crippen molar-refractivity contribution in [3.05, 3.63) is 12.2 Å². The summed E-state index contributed by atoms with van der Waals surface area (Å²) in [4.78, 5) is 11.4. The zero-order valence-corrected chi connectivity index (χ0v) is 10.4. The first-order chi connectivity index (χ1) is 7.41. The lowest BCUT2D eigenvalue weighted by atomic mass is 10.1. The van der Waals surface area contributed by atoms with Gasteiger partial charge >= 0.3 is 5.97 Å². The Hall–Kier alpha value is -1.23. The average Bonchev–Trinajstić information content (AvgIpc) is 2.66. The number of esters is 1. The normalized spacial score (nSPS) is 16.4. The Labute approximate surface area is 98.1 Å². The number of rotatable bonds is 2. The van der Waals surface area contributed by atoms with Crippen LogP contribution in [0.5, 0.6) is 0 Å². The molecule has 0 aromatic heterocycles. The molecule has 0 heterocycles. The minimum atomic E-state index is -0.710. The molecule has 2 nitrogen and oxygen atoms in total. The number of carbonyl (C=O) groups excluding carboxylic acids is 1. The highest BCUT2D eigenvalue weighted by Crippen LogP contribution is 2.24. The number of ether oxygens (including phenoxy) is 1. The second-order valence-corrected chi connectivity index (χ2v) is 4.93. The Morgan fingerprint density at radius 1 is 1.38 bits per heavy atom. The monoisotopic (exact) mass is 220 g/mol. The first kappa shape index (κ1) is 12.8. The second kappa shape index (κ2) is 5.21. The van der Waals surface area contributed by atoms with E-state index < -0.39 is 5.60 Å². The van der Waals surface area contributed by atoms with Gasteiger partial charge in [0.1, 0.15) is 0 Å². The summed E-state index contributed by atoms with van der Waals surface area (Å²) >= 11 is 0. The van der Waals surface area contributed by atoms with Gasteiger partial charge in [-0.05, 0) is 33.6 Å². The summed E-state index contributed by atoms with van der Waals surface area (Å²) in [6.07, 6.45) is 4.89. The molecular weight excluding hydrogens is 200 g/mol. The minimum Gasteiger partial charge on any atom is -0.443 e. The highest BCUT2D eigenvalue weighted by Gasteiger charge is 2.21. The van der Waals surface area contributed by atoms with Crippen LogP contribution in [0.3, 0.4) is 0 Å². The fraction of sp³-hybridized carbons (Fsp3) is 0.643. The molecule has 88 valence electrons. The smallest absolute Gasteiger partial charge is 0.334 e. The zero-order chi connectivity index (χ0) is 12.2. The largest absolute Gasteiger partial charge is 0.443 e. The minimum absolute atomic E-state index is 0.370. The van der Waals surface area contributed by atoms with Crippen molar-refractivity contribution in [2.75, 3.05) is 0 Å². The van der Waals surface area contributed by atoms with E-state index in [2.05, 4.69) is 18.4 Å². The molecule has 0 saturated heterocycles. The first-order valence-corrected chi connectivity index (χ1v) is 5.82. The Kier molecular flexibility index (Phi) is 4.18. The Balaban J connectivity index is 2.55. The van der Waals surface area contributed by atoms with E-state index in [9.17, 15) is 4.79 Å². The lowest BCUT2D eigenvalue weighted by Crippen LogP contribution is -2.26. The highest BCUT2D eigenvalue weighted by atomic mass is 16.6. The van der Waals surface area contributed by atoms with Gasteiger partial charge in [0.05, 0.1) is 0 Å². The summed E-state index contributed by atoms with van der Waals surface area (Å²) < 4.78 is 5.25. The third-order valence-electron chi connectivity index (χ3n) is 2.63. The van der Waals surface area contributed by atoms with Crippen molar-refractivity contribution in [1.82, 2.24) is 0 Å². The number of carbonyl (C=O) groups is 1. The molecule has 2 heteroatoms. The lowest BCUT2D eigenvalue weighted by molar-refractivity contribution is -0.146. The Morgan fingerprint density at radius 3 is 2.44 bits per heavy atom. The molecule has 1 fully saturated rings. The van der Waals surface area contributed by atoms with Gasteiger partial charge in [-0.25, -0.2) is 4.79 Å². The van der Waals surface area contributed by atoms with E-state index in [0.717, 1.165) is 0 Å². The predicted molar refractivity (Wildman–Crippen MR) is 64.7 cm³/mol. The van der Waals surface area contributed by atoms with Crippen molar-refractivity contribution >= 4 is 5.97 Å². The summed E-state index contributed by atoms with van der Waals surface area (Å²) in [6.45, 7) is 8.83. The molecule has 1 saturated carbocycles. The van der Waals surface area contributed by atoms with E-state index in [4.69, 9.17) is 4.74 Å². The lowest BCUT2D eigenvalue weighted by Gasteiger charge is -2.19. The van der Waals surface area contributed by atoms with Gasteiger partial charge in [-0.1, -0.05) is 31.3 Å². The van der Waals surface area contributed by atoms with Crippen molar-refractivity contribution in [3.8, 4) is 11.8 Å². The summed E-state index contributed by atoms with van der Waals surface area (Å²) in [5.41, 5.74) is -0.297. The van der Waals surface area contributed by atoms with Crippen LogP contribution in [0.25, 0.3) is 0 Å². The molecule has 0 unspecified atom stereocenters. The summed E-state index contributed by atoms with van der Waals surface area (Å²) in [6, 6.07) is 0. The van der Waals surface area contributed by atoms with Gasteiger partial charge in [-0.15, -0.1) is 0 Å². The second-order valence-electron chi connectivity index (χ2n) is 4.93.